The molecule has 25 heavy (non-hydrogen) atoms. The summed E-state index contributed by atoms with van der Waals surface area (Å²) in [6, 6.07) is 9.86. The summed E-state index contributed by atoms with van der Waals surface area (Å²) < 4.78 is 13.1. The van der Waals surface area contributed by atoms with E-state index < -0.39 is 24.9 Å². The molecule has 1 aromatic heterocycles. The van der Waals surface area contributed by atoms with Crippen LogP contribution >= 0.6 is 7.60 Å². The molecule has 2 aromatic rings. The first-order chi connectivity index (χ1) is 11.3. The van der Waals surface area contributed by atoms with Crippen LogP contribution in [0.15, 0.2) is 47.4 Å². The SMILES string of the molecule is Nc1ccn(CC(CO)CC(c2ccccc2)P(=O)(O)O)c(=O)n1.[Na+]. The smallest absolute Gasteiger partial charge is 0.396 e. The Morgan fingerprint density at radius 1 is 1.20 bits per heavy atom. The number of aromatic nitrogens is 2. The van der Waals surface area contributed by atoms with Crippen molar-refractivity contribution in [1.29, 1.82) is 0 Å². The van der Waals surface area contributed by atoms with Gasteiger partial charge in [0, 0.05) is 25.3 Å². The second-order valence-electron chi connectivity index (χ2n) is 5.59. The van der Waals surface area contributed by atoms with E-state index in [0.29, 0.717) is 5.56 Å². The number of aliphatic hydroxyl groups is 1. The number of nitrogens with zero attached hydrogens (tertiary/aromatic N) is 2. The van der Waals surface area contributed by atoms with E-state index in [1.54, 1.807) is 30.3 Å². The van der Waals surface area contributed by atoms with Crippen molar-refractivity contribution in [3.05, 3.63) is 58.6 Å². The van der Waals surface area contributed by atoms with Crippen molar-refractivity contribution >= 4 is 13.4 Å². The van der Waals surface area contributed by atoms with Gasteiger partial charge in [0.25, 0.3) is 0 Å². The van der Waals surface area contributed by atoms with Gasteiger partial charge in [-0.3, -0.25) is 9.13 Å². The van der Waals surface area contributed by atoms with Crippen molar-refractivity contribution in [3.63, 3.8) is 0 Å². The maximum Gasteiger partial charge on any atom is 1.00 e. The van der Waals surface area contributed by atoms with Crippen molar-refractivity contribution in [1.82, 2.24) is 9.55 Å². The van der Waals surface area contributed by atoms with E-state index >= 15 is 0 Å². The molecule has 0 spiro atoms. The van der Waals surface area contributed by atoms with E-state index in [0.717, 1.165) is 0 Å². The van der Waals surface area contributed by atoms with Crippen molar-refractivity contribution in [2.24, 2.45) is 5.92 Å². The summed E-state index contributed by atoms with van der Waals surface area (Å²) in [5.74, 6) is -0.430. The van der Waals surface area contributed by atoms with Crippen LogP contribution in [0.1, 0.15) is 17.6 Å². The zero-order chi connectivity index (χ0) is 17.7. The Morgan fingerprint density at radius 2 is 1.84 bits per heavy atom. The summed E-state index contributed by atoms with van der Waals surface area (Å²) in [5, 5.41) is 9.58. The zero-order valence-electron chi connectivity index (χ0n) is 13.9. The molecular formula is C15H20N3NaO5P+. The maximum atomic E-state index is 11.9. The van der Waals surface area contributed by atoms with Gasteiger partial charge in [0.05, 0.1) is 5.66 Å². The van der Waals surface area contributed by atoms with Crippen LogP contribution in [0.3, 0.4) is 0 Å². The van der Waals surface area contributed by atoms with E-state index in [9.17, 15) is 24.3 Å². The Bertz CT molecular complexity index is 780. The molecule has 0 amide bonds. The molecule has 0 aliphatic rings. The van der Waals surface area contributed by atoms with Crippen molar-refractivity contribution in [2.75, 3.05) is 12.3 Å². The summed E-state index contributed by atoms with van der Waals surface area (Å²) in [7, 11) is -4.42. The first-order valence-corrected chi connectivity index (χ1v) is 9.03. The monoisotopic (exact) mass is 376 g/mol. The summed E-state index contributed by atoms with van der Waals surface area (Å²) in [5.41, 5.74) is 4.30. The van der Waals surface area contributed by atoms with Crippen LogP contribution in [0.5, 0.6) is 0 Å². The van der Waals surface area contributed by atoms with E-state index in [4.69, 9.17) is 5.73 Å². The van der Waals surface area contributed by atoms with Gasteiger partial charge in [0.2, 0.25) is 0 Å². The second-order valence-corrected chi connectivity index (χ2v) is 7.39. The molecule has 0 radical (unpaired) electrons. The minimum atomic E-state index is -4.42. The average molecular weight is 376 g/mol. The standard InChI is InChI=1S/C15H20N3O5P.Na/c16-14-6-7-18(15(20)17-14)9-11(10-19)8-13(24(21,22)23)12-4-2-1-3-5-12;/h1-7,11,13,19H,8-10H2,(H2,16,17,20)(H2,21,22,23);/q;+1. The molecular weight excluding hydrogens is 356 g/mol. The van der Waals surface area contributed by atoms with Gasteiger partial charge < -0.3 is 20.6 Å². The fraction of sp³-hybridized carbons (Fsp3) is 0.333. The normalized spacial score (nSPS) is 13.7. The number of anilines is 1. The maximum absolute atomic E-state index is 11.9. The molecule has 0 saturated heterocycles. The molecule has 8 nitrogen and oxygen atoms in total. The molecule has 2 rings (SSSR count). The molecule has 130 valence electrons. The van der Waals surface area contributed by atoms with Crippen LogP contribution in [-0.2, 0) is 11.1 Å². The third kappa shape index (κ3) is 6.34. The molecule has 5 N–H and O–H groups in total. The summed E-state index contributed by atoms with van der Waals surface area (Å²) >= 11 is 0. The van der Waals surface area contributed by atoms with Gasteiger partial charge in [-0.25, -0.2) is 4.79 Å². The number of rotatable bonds is 7. The Kier molecular flexibility index (Phi) is 8.50. The first kappa shape index (κ1) is 22.1. The molecule has 0 saturated carbocycles. The van der Waals surface area contributed by atoms with Gasteiger partial charge in [0.15, 0.2) is 0 Å². The fourth-order valence-electron chi connectivity index (χ4n) is 2.52. The van der Waals surface area contributed by atoms with E-state index in [-0.39, 0.29) is 54.9 Å². The fourth-order valence-corrected chi connectivity index (χ4v) is 3.66. The van der Waals surface area contributed by atoms with Crippen molar-refractivity contribution in [3.8, 4) is 0 Å². The molecule has 0 fully saturated rings. The van der Waals surface area contributed by atoms with Gasteiger partial charge in [0.1, 0.15) is 5.82 Å². The number of nitrogens with two attached hydrogens (primary N) is 1. The quantitative estimate of drug-likeness (QED) is 0.316. The molecule has 0 bridgehead atoms. The third-order valence-electron chi connectivity index (χ3n) is 3.76. The number of hydrogen-bond acceptors (Lipinski definition) is 5. The number of nitrogen functional groups attached to an aromatic ring is 1. The molecule has 2 atom stereocenters. The predicted octanol–water partition coefficient (Wildman–Crippen LogP) is -2.25. The Hall–Kier alpha value is -0.990. The van der Waals surface area contributed by atoms with Gasteiger partial charge in [-0.1, -0.05) is 30.3 Å². The van der Waals surface area contributed by atoms with Crippen molar-refractivity contribution in [2.45, 2.75) is 18.6 Å². The number of benzene rings is 1. The number of hydrogen-bond donors (Lipinski definition) is 4. The van der Waals surface area contributed by atoms with E-state index in [2.05, 4.69) is 4.98 Å². The van der Waals surface area contributed by atoms with E-state index in [1.807, 2.05) is 0 Å². The molecule has 10 heteroatoms. The molecule has 1 aromatic carbocycles. The van der Waals surface area contributed by atoms with Crippen LogP contribution in [0.2, 0.25) is 0 Å². The van der Waals surface area contributed by atoms with Gasteiger partial charge >= 0.3 is 42.8 Å². The van der Waals surface area contributed by atoms with Crippen LogP contribution in [-0.4, -0.2) is 31.1 Å². The Labute approximate surface area is 167 Å². The summed E-state index contributed by atoms with van der Waals surface area (Å²) in [6.45, 7) is -0.230. The van der Waals surface area contributed by atoms with Gasteiger partial charge in [-0.15, -0.1) is 0 Å². The largest absolute Gasteiger partial charge is 1.00 e. The third-order valence-corrected chi connectivity index (χ3v) is 5.08. The predicted molar refractivity (Wildman–Crippen MR) is 89.3 cm³/mol. The molecule has 1 heterocycles. The molecule has 0 aliphatic carbocycles. The van der Waals surface area contributed by atoms with E-state index in [1.165, 1.54) is 16.8 Å². The van der Waals surface area contributed by atoms with Crippen LogP contribution < -0.4 is 41.0 Å². The zero-order valence-corrected chi connectivity index (χ0v) is 16.8. The first-order valence-electron chi connectivity index (χ1n) is 7.35. The van der Waals surface area contributed by atoms with Crippen LogP contribution in [0.25, 0.3) is 0 Å². The van der Waals surface area contributed by atoms with Gasteiger partial charge in [-0.2, -0.15) is 4.98 Å². The molecule has 2 unspecified atom stereocenters. The van der Waals surface area contributed by atoms with Gasteiger partial charge in [-0.05, 0) is 18.1 Å². The van der Waals surface area contributed by atoms with Crippen LogP contribution in [0, 0.1) is 5.92 Å². The summed E-state index contributed by atoms with van der Waals surface area (Å²) in [4.78, 5) is 34.7. The number of aliphatic hydroxyl groups excluding tert-OH is 1. The topological polar surface area (TPSA) is 139 Å². The second kappa shape index (κ2) is 9.64. The van der Waals surface area contributed by atoms with Crippen molar-refractivity contribution < 1.29 is 49.0 Å². The minimum absolute atomic E-state index is 0. The molecule has 0 aliphatic heterocycles. The Morgan fingerprint density at radius 3 is 2.36 bits per heavy atom. The van der Waals surface area contributed by atoms with Crippen LogP contribution in [0.4, 0.5) is 5.82 Å². The minimum Gasteiger partial charge on any atom is -0.396 e. The average Bonchev–Trinajstić information content (AvgIpc) is 2.53. The Balaban J connectivity index is 0.00000312. The summed E-state index contributed by atoms with van der Waals surface area (Å²) in [6.07, 6.45) is 1.48.